The lowest BCUT2D eigenvalue weighted by molar-refractivity contribution is -0.116. The summed E-state index contributed by atoms with van der Waals surface area (Å²) in [6, 6.07) is 9.76. The highest BCUT2D eigenvalue weighted by Gasteiger charge is 2.03. The van der Waals surface area contributed by atoms with Gasteiger partial charge in [0.15, 0.2) is 5.96 Å². The molecule has 1 heterocycles. The van der Waals surface area contributed by atoms with Crippen molar-refractivity contribution in [2.45, 2.75) is 39.8 Å². The first-order valence-electron chi connectivity index (χ1n) is 9.00. The molecule has 0 unspecified atom stereocenters. The molecule has 2 rings (SSSR count). The summed E-state index contributed by atoms with van der Waals surface area (Å²) >= 11 is 0. The van der Waals surface area contributed by atoms with Crippen molar-refractivity contribution in [2.24, 2.45) is 12.0 Å². The molecule has 26 heavy (non-hydrogen) atoms. The molecule has 1 amide bonds. The Morgan fingerprint density at radius 2 is 1.92 bits per heavy atom. The van der Waals surface area contributed by atoms with Gasteiger partial charge in [-0.05, 0) is 37.1 Å². The quantitative estimate of drug-likeness (QED) is 0.501. The SMILES string of the molecule is CCCC(=O)Nc1ccc(CN=C(NCC)NCc2ccnn2C)cc1. The first kappa shape index (κ1) is 19.5. The molecular formula is C19H28N6O. The topological polar surface area (TPSA) is 83.3 Å². The maximum Gasteiger partial charge on any atom is 0.224 e. The van der Waals surface area contributed by atoms with Gasteiger partial charge in [-0.2, -0.15) is 5.10 Å². The molecule has 0 spiro atoms. The van der Waals surface area contributed by atoms with E-state index in [9.17, 15) is 4.79 Å². The smallest absolute Gasteiger partial charge is 0.224 e. The van der Waals surface area contributed by atoms with Crippen LogP contribution in [0.25, 0.3) is 0 Å². The normalized spacial score (nSPS) is 11.3. The second kappa shape index (κ2) is 10.2. The van der Waals surface area contributed by atoms with Crippen molar-refractivity contribution in [3.63, 3.8) is 0 Å². The average molecular weight is 356 g/mol. The highest BCUT2D eigenvalue weighted by Crippen LogP contribution is 2.11. The third-order valence-corrected chi connectivity index (χ3v) is 3.84. The standard InChI is InChI=1S/C19H28N6O/c1-4-6-18(26)24-16-9-7-15(8-10-16)13-21-19(20-5-2)22-14-17-11-12-23-25(17)3/h7-12H,4-6,13-14H2,1-3H3,(H,24,26)(H2,20,21,22). The van der Waals surface area contributed by atoms with E-state index in [-0.39, 0.29) is 5.91 Å². The van der Waals surface area contributed by atoms with E-state index in [2.05, 4.69) is 26.0 Å². The lowest BCUT2D eigenvalue weighted by Gasteiger charge is -2.11. The van der Waals surface area contributed by atoms with Crippen LogP contribution in [0.5, 0.6) is 0 Å². The van der Waals surface area contributed by atoms with Crippen LogP contribution in [0.2, 0.25) is 0 Å². The summed E-state index contributed by atoms with van der Waals surface area (Å²) < 4.78 is 1.84. The van der Waals surface area contributed by atoms with E-state index < -0.39 is 0 Å². The van der Waals surface area contributed by atoms with Gasteiger partial charge in [0.1, 0.15) is 0 Å². The minimum absolute atomic E-state index is 0.0482. The molecule has 0 bridgehead atoms. The maximum atomic E-state index is 11.6. The van der Waals surface area contributed by atoms with E-state index in [1.54, 1.807) is 6.20 Å². The van der Waals surface area contributed by atoms with Gasteiger partial charge in [-0.3, -0.25) is 9.48 Å². The molecule has 0 aliphatic carbocycles. The fourth-order valence-electron chi connectivity index (χ4n) is 2.41. The molecule has 2 aromatic rings. The summed E-state index contributed by atoms with van der Waals surface area (Å²) in [5, 5.41) is 13.6. The zero-order valence-corrected chi connectivity index (χ0v) is 15.7. The Balaban J connectivity index is 1.91. The van der Waals surface area contributed by atoms with Crippen LogP contribution in [0.15, 0.2) is 41.5 Å². The maximum absolute atomic E-state index is 11.6. The Morgan fingerprint density at radius 1 is 1.15 bits per heavy atom. The second-order valence-corrected chi connectivity index (χ2v) is 5.99. The molecule has 0 aliphatic heterocycles. The van der Waals surface area contributed by atoms with Crippen LogP contribution in [-0.4, -0.2) is 28.2 Å². The molecule has 0 radical (unpaired) electrons. The number of aliphatic imine (C=N–C) groups is 1. The van der Waals surface area contributed by atoms with Gasteiger partial charge in [0.2, 0.25) is 5.91 Å². The van der Waals surface area contributed by atoms with Gasteiger partial charge in [-0.15, -0.1) is 0 Å². The van der Waals surface area contributed by atoms with Crippen LogP contribution in [0.3, 0.4) is 0 Å². The number of hydrogen-bond acceptors (Lipinski definition) is 3. The fraction of sp³-hybridized carbons (Fsp3) is 0.421. The van der Waals surface area contributed by atoms with Crippen LogP contribution in [-0.2, 0) is 24.9 Å². The number of amides is 1. The monoisotopic (exact) mass is 356 g/mol. The summed E-state index contributed by atoms with van der Waals surface area (Å²) in [5.74, 6) is 0.807. The van der Waals surface area contributed by atoms with E-state index in [0.717, 1.165) is 35.9 Å². The highest BCUT2D eigenvalue weighted by atomic mass is 16.1. The lowest BCUT2D eigenvalue weighted by atomic mass is 10.2. The molecule has 140 valence electrons. The van der Waals surface area contributed by atoms with Crippen molar-refractivity contribution in [3.8, 4) is 0 Å². The van der Waals surface area contributed by atoms with E-state index in [1.165, 1.54) is 0 Å². The summed E-state index contributed by atoms with van der Waals surface area (Å²) in [5.41, 5.74) is 2.98. The van der Waals surface area contributed by atoms with Crippen molar-refractivity contribution >= 4 is 17.6 Å². The number of nitrogens with zero attached hydrogens (tertiary/aromatic N) is 3. The van der Waals surface area contributed by atoms with E-state index >= 15 is 0 Å². The van der Waals surface area contributed by atoms with Gasteiger partial charge < -0.3 is 16.0 Å². The summed E-state index contributed by atoms with van der Waals surface area (Å²) in [6.07, 6.45) is 3.17. The predicted molar refractivity (Wildman–Crippen MR) is 105 cm³/mol. The first-order chi connectivity index (χ1) is 12.6. The van der Waals surface area contributed by atoms with Gasteiger partial charge in [0.05, 0.1) is 18.8 Å². The number of anilines is 1. The summed E-state index contributed by atoms with van der Waals surface area (Å²) in [6.45, 7) is 6.04. The minimum Gasteiger partial charge on any atom is -0.357 e. The number of nitrogens with one attached hydrogen (secondary N) is 3. The molecule has 0 atom stereocenters. The number of carbonyl (C=O) groups is 1. The third kappa shape index (κ3) is 6.23. The van der Waals surface area contributed by atoms with E-state index in [4.69, 9.17) is 0 Å². The molecular weight excluding hydrogens is 328 g/mol. The van der Waals surface area contributed by atoms with Crippen LogP contribution in [0.4, 0.5) is 5.69 Å². The molecule has 0 aliphatic rings. The van der Waals surface area contributed by atoms with E-state index in [0.29, 0.717) is 19.5 Å². The Hall–Kier alpha value is -2.83. The number of benzene rings is 1. The Bertz CT molecular complexity index is 720. The lowest BCUT2D eigenvalue weighted by Crippen LogP contribution is -2.37. The van der Waals surface area contributed by atoms with Crippen LogP contribution in [0, 0.1) is 0 Å². The summed E-state index contributed by atoms with van der Waals surface area (Å²) in [4.78, 5) is 16.2. The van der Waals surface area contributed by atoms with Crippen LogP contribution >= 0.6 is 0 Å². The number of carbonyl (C=O) groups excluding carboxylic acids is 1. The van der Waals surface area contributed by atoms with Crippen molar-refractivity contribution in [2.75, 3.05) is 11.9 Å². The fourth-order valence-corrected chi connectivity index (χ4v) is 2.41. The molecule has 7 nitrogen and oxygen atoms in total. The number of hydrogen-bond donors (Lipinski definition) is 3. The van der Waals surface area contributed by atoms with Gasteiger partial charge in [0, 0.05) is 31.9 Å². The predicted octanol–water partition coefficient (Wildman–Crippen LogP) is 2.41. The van der Waals surface area contributed by atoms with Crippen molar-refractivity contribution in [1.82, 2.24) is 20.4 Å². The Kier molecular flexibility index (Phi) is 7.67. The molecule has 3 N–H and O–H groups in total. The van der Waals surface area contributed by atoms with Crippen LogP contribution < -0.4 is 16.0 Å². The van der Waals surface area contributed by atoms with Gasteiger partial charge >= 0.3 is 0 Å². The molecule has 1 aromatic heterocycles. The molecule has 0 fully saturated rings. The second-order valence-electron chi connectivity index (χ2n) is 5.99. The van der Waals surface area contributed by atoms with Gasteiger partial charge in [-0.1, -0.05) is 19.1 Å². The Morgan fingerprint density at radius 3 is 2.54 bits per heavy atom. The van der Waals surface area contributed by atoms with Crippen molar-refractivity contribution in [1.29, 1.82) is 0 Å². The van der Waals surface area contributed by atoms with Gasteiger partial charge in [-0.25, -0.2) is 4.99 Å². The first-order valence-corrected chi connectivity index (χ1v) is 9.00. The molecule has 0 saturated heterocycles. The number of guanidine groups is 1. The van der Waals surface area contributed by atoms with Gasteiger partial charge in [0.25, 0.3) is 0 Å². The number of aryl methyl sites for hydroxylation is 1. The average Bonchev–Trinajstić information content (AvgIpc) is 3.04. The Labute approximate surface area is 154 Å². The molecule has 0 saturated carbocycles. The van der Waals surface area contributed by atoms with Crippen molar-refractivity contribution < 1.29 is 4.79 Å². The zero-order chi connectivity index (χ0) is 18.8. The molecule has 7 heteroatoms. The zero-order valence-electron chi connectivity index (χ0n) is 15.7. The minimum atomic E-state index is 0.0482. The van der Waals surface area contributed by atoms with Crippen molar-refractivity contribution in [3.05, 3.63) is 47.8 Å². The van der Waals surface area contributed by atoms with Crippen LogP contribution in [0.1, 0.15) is 37.9 Å². The number of rotatable bonds is 8. The summed E-state index contributed by atoms with van der Waals surface area (Å²) in [7, 11) is 1.92. The number of aromatic nitrogens is 2. The molecule has 1 aromatic carbocycles. The third-order valence-electron chi connectivity index (χ3n) is 3.84. The van der Waals surface area contributed by atoms with E-state index in [1.807, 2.05) is 55.9 Å². The largest absolute Gasteiger partial charge is 0.357 e. The highest BCUT2D eigenvalue weighted by molar-refractivity contribution is 5.90.